The Morgan fingerprint density at radius 2 is 1.88 bits per heavy atom. The zero-order valence-electron chi connectivity index (χ0n) is 14.7. The maximum atomic E-state index is 11.9. The van der Waals surface area contributed by atoms with Gasteiger partial charge in [-0.05, 0) is 62.2 Å². The van der Waals surface area contributed by atoms with Crippen molar-refractivity contribution in [1.29, 1.82) is 0 Å². The first-order chi connectivity index (χ1) is 12.0. The summed E-state index contributed by atoms with van der Waals surface area (Å²) in [5.41, 5.74) is 2.09. The second-order valence-corrected chi connectivity index (χ2v) is 6.53. The van der Waals surface area contributed by atoms with Crippen LogP contribution in [0.1, 0.15) is 25.8 Å². The van der Waals surface area contributed by atoms with Crippen molar-refractivity contribution in [2.24, 2.45) is 0 Å². The smallest absolute Gasteiger partial charge is 0.221 e. The number of ether oxygens (including phenoxy) is 1. The van der Waals surface area contributed by atoms with E-state index in [-0.39, 0.29) is 12.0 Å². The summed E-state index contributed by atoms with van der Waals surface area (Å²) in [7, 11) is 0. The topological polar surface area (TPSA) is 50.4 Å². The number of amides is 1. The van der Waals surface area contributed by atoms with Crippen LogP contribution in [0.3, 0.4) is 0 Å². The number of rotatable bonds is 9. The highest BCUT2D eigenvalue weighted by Crippen LogP contribution is 2.16. The van der Waals surface area contributed by atoms with E-state index in [2.05, 4.69) is 10.6 Å². The molecule has 5 heteroatoms. The second kappa shape index (κ2) is 9.94. The van der Waals surface area contributed by atoms with Gasteiger partial charge in [0.1, 0.15) is 5.75 Å². The third-order valence-corrected chi connectivity index (χ3v) is 3.77. The lowest BCUT2D eigenvalue weighted by Crippen LogP contribution is -2.27. The van der Waals surface area contributed by atoms with E-state index < -0.39 is 0 Å². The van der Waals surface area contributed by atoms with Crippen molar-refractivity contribution < 1.29 is 9.53 Å². The Balaban J connectivity index is 1.63. The molecule has 0 atom stereocenters. The molecule has 0 saturated carbocycles. The van der Waals surface area contributed by atoms with Gasteiger partial charge in [0.25, 0.3) is 0 Å². The summed E-state index contributed by atoms with van der Waals surface area (Å²) in [6.07, 6.45) is 1.37. The fraction of sp³-hybridized carbons (Fsp3) is 0.350. The van der Waals surface area contributed by atoms with Gasteiger partial charge in [-0.2, -0.15) is 0 Å². The van der Waals surface area contributed by atoms with Crippen LogP contribution >= 0.6 is 11.6 Å². The maximum Gasteiger partial charge on any atom is 0.221 e. The van der Waals surface area contributed by atoms with E-state index in [0.29, 0.717) is 19.5 Å². The lowest BCUT2D eigenvalue weighted by atomic mass is 10.1. The molecule has 134 valence electrons. The highest BCUT2D eigenvalue weighted by atomic mass is 35.5. The number of nitrogens with one attached hydrogen (secondary N) is 2. The average Bonchev–Trinajstić information content (AvgIpc) is 2.56. The van der Waals surface area contributed by atoms with Crippen molar-refractivity contribution in [3.8, 4) is 5.75 Å². The monoisotopic (exact) mass is 360 g/mol. The molecule has 0 aromatic heterocycles. The molecule has 2 rings (SSSR count). The van der Waals surface area contributed by atoms with E-state index in [1.165, 1.54) is 0 Å². The molecule has 2 aromatic rings. The van der Waals surface area contributed by atoms with Gasteiger partial charge in [0, 0.05) is 30.2 Å². The Morgan fingerprint density at radius 1 is 1.12 bits per heavy atom. The van der Waals surface area contributed by atoms with Crippen molar-refractivity contribution >= 4 is 23.2 Å². The van der Waals surface area contributed by atoms with E-state index in [0.717, 1.165) is 28.4 Å². The first-order valence-electron chi connectivity index (χ1n) is 8.54. The average molecular weight is 361 g/mol. The SMILES string of the molecule is CC(C)Oc1ccc(NCCC(=O)NCCc2cccc(Cl)c2)cc1. The first-order valence-corrected chi connectivity index (χ1v) is 8.92. The molecule has 0 heterocycles. The molecular weight excluding hydrogens is 336 g/mol. The zero-order valence-corrected chi connectivity index (χ0v) is 15.5. The van der Waals surface area contributed by atoms with Crippen LogP contribution in [0.15, 0.2) is 48.5 Å². The molecule has 4 nitrogen and oxygen atoms in total. The normalized spacial score (nSPS) is 10.6. The van der Waals surface area contributed by atoms with Crippen molar-refractivity contribution in [2.75, 3.05) is 18.4 Å². The lowest BCUT2D eigenvalue weighted by molar-refractivity contribution is -0.120. The second-order valence-electron chi connectivity index (χ2n) is 6.10. The zero-order chi connectivity index (χ0) is 18.1. The van der Waals surface area contributed by atoms with E-state index in [1.54, 1.807) is 0 Å². The van der Waals surface area contributed by atoms with E-state index in [4.69, 9.17) is 16.3 Å². The molecule has 0 spiro atoms. The Morgan fingerprint density at radius 3 is 2.56 bits per heavy atom. The number of benzene rings is 2. The summed E-state index contributed by atoms with van der Waals surface area (Å²) >= 11 is 5.94. The van der Waals surface area contributed by atoms with Crippen LogP contribution in [-0.4, -0.2) is 25.1 Å². The Hall–Kier alpha value is -2.20. The first kappa shape index (κ1) is 19.1. The highest BCUT2D eigenvalue weighted by Gasteiger charge is 2.02. The van der Waals surface area contributed by atoms with Gasteiger partial charge >= 0.3 is 0 Å². The van der Waals surface area contributed by atoms with Crippen LogP contribution in [0, 0.1) is 0 Å². The van der Waals surface area contributed by atoms with Crippen LogP contribution in [0.5, 0.6) is 5.75 Å². The third kappa shape index (κ3) is 7.48. The number of anilines is 1. The fourth-order valence-electron chi connectivity index (χ4n) is 2.37. The summed E-state index contributed by atoms with van der Waals surface area (Å²) in [6.45, 7) is 5.20. The molecular formula is C20H25ClN2O2. The van der Waals surface area contributed by atoms with Gasteiger partial charge in [0.2, 0.25) is 5.91 Å². The predicted octanol–water partition coefficient (Wildman–Crippen LogP) is 4.29. The molecule has 2 N–H and O–H groups in total. The Kier molecular flexibility index (Phi) is 7.61. The predicted molar refractivity (Wildman–Crippen MR) is 103 cm³/mol. The molecule has 0 bridgehead atoms. The molecule has 25 heavy (non-hydrogen) atoms. The fourth-order valence-corrected chi connectivity index (χ4v) is 2.58. The minimum Gasteiger partial charge on any atom is -0.491 e. The van der Waals surface area contributed by atoms with Crippen molar-refractivity contribution in [1.82, 2.24) is 5.32 Å². The molecule has 1 amide bonds. The van der Waals surface area contributed by atoms with Crippen LogP contribution in [0.2, 0.25) is 5.02 Å². The highest BCUT2D eigenvalue weighted by molar-refractivity contribution is 6.30. The van der Waals surface area contributed by atoms with Crippen LogP contribution < -0.4 is 15.4 Å². The van der Waals surface area contributed by atoms with Crippen LogP contribution in [0.25, 0.3) is 0 Å². The van der Waals surface area contributed by atoms with Crippen molar-refractivity contribution in [2.45, 2.75) is 32.8 Å². The lowest BCUT2D eigenvalue weighted by Gasteiger charge is -2.11. The van der Waals surface area contributed by atoms with Crippen LogP contribution in [0.4, 0.5) is 5.69 Å². The van der Waals surface area contributed by atoms with Gasteiger partial charge in [0.15, 0.2) is 0 Å². The standard InChI is InChI=1S/C20H25ClN2O2/c1-15(2)25-19-8-6-18(7-9-19)22-13-11-20(24)23-12-10-16-4-3-5-17(21)14-16/h3-9,14-15,22H,10-13H2,1-2H3,(H,23,24). The van der Waals surface area contributed by atoms with E-state index in [1.807, 2.05) is 62.4 Å². The van der Waals surface area contributed by atoms with Crippen molar-refractivity contribution in [3.05, 3.63) is 59.1 Å². The number of halogens is 1. The third-order valence-electron chi connectivity index (χ3n) is 3.53. The molecule has 0 fully saturated rings. The van der Waals surface area contributed by atoms with Gasteiger partial charge in [-0.15, -0.1) is 0 Å². The van der Waals surface area contributed by atoms with Crippen molar-refractivity contribution in [3.63, 3.8) is 0 Å². The summed E-state index contributed by atoms with van der Waals surface area (Å²) in [5.74, 6) is 0.883. The maximum absolute atomic E-state index is 11.9. The van der Waals surface area contributed by atoms with Gasteiger partial charge in [0.05, 0.1) is 6.10 Å². The number of carbonyl (C=O) groups is 1. The molecule has 0 aliphatic rings. The van der Waals surface area contributed by atoms with Crippen LogP contribution in [-0.2, 0) is 11.2 Å². The van der Waals surface area contributed by atoms with E-state index in [9.17, 15) is 4.79 Å². The molecule has 0 unspecified atom stereocenters. The molecule has 0 saturated heterocycles. The van der Waals surface area contributed by atoms with Gasteiger partial charge in [-0.1, -0.05) is 23.7 Å². The largest absolute Gasteiger partial charge is 0.491 e. The number of hydrogen-bond acceptors (Lipinski definition) is 3. The Bertz CT molecular complexity index is 672. The summed E-state index contributed by atoms with van der Waals surface area (Å²) in [5, 5.41) is 6.88. The summed E-state index contributed by atoms with van der Waals surface area (Å²) in [4.78, 5) is 11.9. The minimum absolute atomic E-state index is 0.0364. The molecule has 0 aliphatic carbocycles. The van der Waals surface area contributed by atoms with Gasteiger partial charge < -0.3 is 15.4 Å². The van der Waals surface area contributed by atoms with Gasteiger partial charge in [-0.3, -0.25) is 4.79 Å². The molecule has 0 aliphatic heterocycles. The van der Waals surface area contributed by atoms with E-state index >= 15 is 0 Å². The molecule has 0 radical (unpaired) electrons. The quantitative estimate of drug-likeness (QED) is 0.701. The summed E-state index contributed by atoms with van der Waals surface area (Å²) < 4.78 is 5.60. The number of hydrogen-bond donors (Lipinski definition) is 2. The molecule has 2 aromatic carbocycles. The Labute approximate surface area is 154 Å². The number of carbonyl (C=O) groups excluding carboxylic acids is 1. The summed E-state index contributed by atoms with van der Waals surface area (Å²) in [6, 6.07) is 15.4. The minimum atomic E-state index is 0.0364. The van der Waals surface area contributed by atoms with Gasteiger partial charge in [-0.25, -0.2) is 0 Å².